The van der Waals surface area contributed by atoms with Crippen LogP contribution in [-0.4, -0.2) is 80.2 Å². The third-order valence-electron chi connectivity index (χ3n) is 5.37. The molecule has 2 saturated heterocycles. The highest BCUT2D eigenvalue weighted by molar-refractivity contribution is 7.89. The standard InChI is InChI=1S/C17H23N3O5S/c1-11-16(21)19(3)14-9-10-20(15(14)17(22)18(11)2)26(23,24)13-7-5-12(25-4)6-8-13/h5-8,11,14-15H,9-10H2,1-4H3/t11-,14+,15-/m0/s1. The van der Waals surface area contributed by atoms with E-state index in [-0.39, 0.29) is 23.3 Å². The highest BCUT2D eigenvalue weighted by atomic mass is 32.2. The first-order valence-electron chi connectivity index (χ1n) is 8.39. The van der Waals surface area contributed by atoms with Crippen LogP contribution in [-0.2, 0) is 19.6 Å². The lowest BCUT2D eigenvalue weighted by Gasteiger charge is -2.29. The highest BCUT2D eigenvalue weighted by Gasteiger charge is 2.52. The van der Waals surface area contributed by atoms with Crippen molar-refractivity contribution in [2.24, 2.45) is 0 Å². The van der Waals surface area contributed by atoms with Crippen molar-refractivity contribution >= 4 is 21.8 Å². The fraction of sp³-hybridized carbons (Fsp3) is 0.529. The molecule has 0 saturated carbocycles. The molecule has 0 radical (unpaired) electrons. The molecule has 1 aromatic rings. The maximum absolute atomic E-state index is 13.1. The maximum atomic E-state index is 13.1. The fourth-order valence-corrected chi connectivity index (χ4v) is 5.24. The molecule has 2 fully saturated rings. The molecule has 0 bridgehead atoms. The largest absolute Gasteiger partial charge is 0.497 e. The average molecular weight is 381 g/mol. The summed E-state index contributed by atoms with van der Waals surface area (Å²) < 4.78 is 32.6. The van der Waals surface area contributed by atoms with Crippen LogP contribution >= 0.6 is 0 Å². The second-order valence-electron chi connectivity index (χ2n) is 6.67. The van der Waals surface area contributed by atoms with Gasteiger partial charge in [0, 0.05) is 20.6 Å². The van der Waals surface area contributed by atoms with Gasteiger partial charge in [-0.25, -0.2) is 8.42 Å². The first-order chi connectivity index (χ1) is 12.2. The van der Waals surface area contributed by atoms with Crippen LogP contribution in [0, 0.1) is 0 Å². The Morgan fingerprint density at radius 2 is 1.65 bits per heavy atom. The van der Waals surface area contributed by atoms with Gasteiger partial charge in [-0.3, -0.25) is 9.59 Å². The van der Waals surface area contributed by atoms with Crippen LogP contribution in [0.25, 0.3) is 0 Å². The van der Waals surface area contributed by atoms with E-state index in [4.69, 9.17) is 4.74 Å². The second-order valence-corrected chi connectivity index (χ2v) is 8.56. The lowest BCUT2D eigenvalue weighted by molar-refractivity contribution is -0.139. The highest BCUT2D eigenvalue weighted by Crippen LogP contribution is 2.33. The van der Waals surface area contributed by atoms with E-state index < -0.39 is 28.1 Å². The summed E-state index contributed by atoms with van der Waals surface area (Å²) in [6.45, 7) is 1.84. The minimum atomic E-state index is -3.87. The normalized spacial score (nSPS) is 27.5. The number of sulfonamides is 1. The molecule has 3 rings (SSSR count). The minimum Gasteiger partial charge on any atom is -0.497 e. The van der Waals surface area contributed by atoms with Gasteiger partial charge in [0.25, 0.3) is 0 Å². The van der Waals surface area contributed by atoms with Gasteiger partial charge in [0.2, 0.25) is 21.8 Å². The first-order valence-corrected chi connectivity index (χ1v) is 9.83. The summed E-state index contributed by atoms with van der Waals surface area (Å²) in [7, 11) is 0.801. The lowest BCUT2D eigenvalue weighted by Crippen LogP contribution is -2.51. The third kappa shape index (κ3) is 2.75. The van der Waals surface area contributed by atoms with Crippen molar-refractivity contribution in [2.45, 2.75) is 36.4 Å². The number of nitrogens with zero attached hydrogens (tertiary/aromatic N) is 3. The number of methoxy groups -OCH3 is 1. The van der Waals surface area contributed by atoms with E-state index in [1.165, 1.54) is 40.4 Å². The van der Waals surface area contributed by atoms with Gasteiger partial charge in [0.15, 0.2) is 0 Å². The number of benzene rings is 1. The van der Waals surface area contributed by atoms with Gasteiger partial charge in [0.05, 0.1) is 18.0 Å². The Labute approximate surface area is 153 Å². The van der Waals surface area contributed by atoms with Crippen molar-refractivity contribution in [1.82, 2.24) is 14.1 Å². The van der Waals surface area contributed by atoms with Gasteiger partial charge < -0.3 is 14.5 Å². The molecule has 2 heterocycles. The monoisotopic (exact) mass is 381 g/mol. The zero-order valence-corrected chi connectivity index (χ0v) is 16.1. The molecule has 0 spiro atoms. The fourth-order valence-electron chi connectivity index (χ4n) is 3.62. The van der Waals surface area contributed by atoms with Crippen LogP contribution < -0.4 is 4.74 Å². The maximum Gasteiger partial charge on any atom is 0.245 e. The Morgan fingerprint density at radius 1 is 1.04 bits per heavy atom. The molecular formula is C17H23N3O5S. The van der Waals surface area contributed by atoms with Gasteiger partial charge in [-0.1, -0.05) is 0 Å². The molecule has 0 aliphatic carbocycles. The van der Waals surface area contributed by atoms with Gasteiger partial charge in [-0.2, -0.15) is 4.31 Å². The summed E-state index contributed by atoms with van der Waals surface area (Å²) in [4.78, 5) is 28.4. The number of hydrogen-bond donors (Lipinski definition) is 0. The van der Waals surface area contributed by atoms with E-state index in [1.54, 1.807) is 26.1 Å². The van der Waals surface area contributed by atoms with Crippen molar-refractivity contribution in [1.29, 1.82) is 0 Å². The summed E-state index contributed by atoms with van der Waals surface area (Å²) in [5, 5.41) is 0. The van der Waals surface area contributed by atoms with E-state index in [0.29, 0.717) is 12.2 Å². The van der Waals surface area contributed by atoms with Gasteiger partial charge in [0.1, 0.15) is 17.8 Å². The van der Waals surface area contributed by atoms with E-state index in [1.807, 2.05) is 0 Å². The number of carbonyl (C=O) groups is 2. The topological polar surface area (TPSA) is 87.2 Å². The van der Waals surface area contributed by atoms with Crippen LogP contribution in [0.1, 0.15) is 13.3 Å². The molecular weight excluding hydrogens is 358 g/mol. The molecule has 0 N–H and O–H groups in total. The smallest absolute Gasteiger partial charge is 0.245 e. The number of carbonyl (C=O) groups excluding carboxylic acids is 2. The van der Waals surface area contributed by atoms with Gasteiger partial charge in [-0.15, -0.1) is 0 Å². The molecule has 0 unspecified atom stereocenters. The zero-order chi connectivity index (χ0) is 19.2. The van der Waals surface area contributed by atoms with Crippen molar-refractivity contribution in [3.63, 3.8) is 0 Å². The van der Waals surface area contributed by atoms with Crippen molar-refractivity contribution in [3.8, 4) is 5.75 Å². The molecule has 142 valence electrons. The number of amides is 2. The molecule has 26 heavy (non-hydrogen) atoms. The Morgan fingerprint density at radius 3 is 2.23 bits per heavy atom. The minimum absolute atomic E-state index is 0.0979. The number of fused-ring (bicyclic) bond motifs is 1. The van der Waals surface area contributed by atoms with Gasteiger partial charge >= 0.3 is 0 Å². The number of ether oxygens (including phenoxy) is 1. The Kier molecular flexibility index (Phi) is 4.70. The van der Waals surface area contributed by atoms with Crippen LogP contribution in [0.3, 0.4) is 0 Å². The molecule has 0 aromatic heterocycles. The number of rotatable bonds is 3. The summed E-state index contributed by atoms with van der Waals surface area (Å²) in [6, 6.07) is 4.07. The van der Waals surface area contributed by atoms with Crippen LogP contribution in [0.4, 0.5) is 0 Å². The Hall–Kier alpha value is -2.13. The van der Waals surface area contributed by atoms with Gasteiger partial charge in [-0.05, 0) is 37.6 Å². The number of likely N-dealkylation sites (N-methyl/N-ethyl adjacent to an activating group) is 2. The van der Waals surface area contributed by atoms with E-state index in [0.717, 1.165) is 0 Å². The summed E-state index contributed by atoms with van der Waals surface area (Å²) in [5.74, 6) is 0.0134. The predicted octanol–water partition coefficient (Wildman–Crippen LogP) is 0.146. The summed E-state index contributed by atoms with van der Waals surface area (Å²) >= 11 is 0. The van der Waals surface area contributed by atoms with E-state index >= 15 is 0 Å². The molecule has 2 amide bonds. The Balaban J connectivity index is 2.00. The second kappa shape index (κ2) is 6.55. The zero-order valence-electron chi connectivity index (χ0n) is 15.2. The third-order valence-corrected chi connectivity index (χ3v) is 7.27. The van der Waals surface area contributed by atoms with Crippen LogP contribution in [0.15, 0.2) is 29.2 Å². The van der Waals surface area contributed by atoms with Crippen LogP contribution in [0.5, 0.6) is 5.75 Å². The van der Waals surface area contributed by atoms with Crippen LogP contribution in [0.2, 0.25) is 0 Å². The predicted molar refractivity (Wildman–Crippen MR) is 94.1 cm³/mol. The molecule has 1 aromatic carbocycles. The number of hydrogen-bond acceptors (Lipinski definition) is 5. The van der Waals surface area contributed by atoms with E-state index in [9.17, 15) is 18.0 Å². The first kappa shape index (κ1) is 18.7. The van der Waals surface area contributed by atoms with E-state index in [2.05, 4.69) is 0 Å². The molecule has 8 nitrogen and oxygen atoms in total. The SMILES string of the molecule is COc1ccc(S(=O)(=O)N2CC[C@@H]3[C@H]2C(=O)N(C)[C@@H](C)C(=O)N3C)cc1. The lowest BCUT2D eigenvalue weighted by atomic mass is 10.1. The molecule has 2 aliphatic heterocycles. The molecule has 9 heteroatoms. The van der Waals surface area contributed by atoms with Crippen molar-refractivity contribution in [2.75, 3.05) is 27.7 Å². The molecule has 2 aliphatic rings. The average Bonchev–Trinajstić information content (AvgIpc) is 3.08. The quantitative estimate of drug-likeness (QED) is 0.744. The van der Waals surface area contributed by atoms with Crippen molar-refractivity contribution in [3.05, 3.63) is 24.3 Å². The molecule has 3 atom stereocenters. The summed E-state index contributed by atoms with van der Waals surface area (Å²) in [6.07, 6.45) is 0.425. The summed E-state index contributed by atoms with van der Waals surface area (Å²) in [5.41, 5.74) is 0. The Bertz CT molecular complexity index is 823. The van der Waals surface area contributed by atoms with Crippen molar-refractivity contribution < 1.29 is 22.7 Å².